The molecular formula is C32H31FN6O2. The second-order valence-corrected chi connectivity index (χ2v) is 11.2. The number of rotatable bonds is 6. The molecule has 208 valence electrons. The third-order valence-corrected chi connectivity index (χ3v) is 8.54. The zero-order chi connectivity index (χ0) is 28.2. The quantitative estimate of drug-likeness (QED) is 0.276. The van der Waals surface area contributed by atoms with Crippen LogP contribution in [0.15, 0.2) is 67.0 Å². The molecular weight excluding hydrogens is 519 g/mol. The predicted molar refractivity (Wildman–Crippen MR) is 155 cm³/mol. The van der Waals surface area contributed by atoms with Gasteiger partial charge in [-0.2, -0.15) is 4.98 Å². The zero-order valence-corrected chi connectivity index (χ0v) is 23.0. The highest BCUT2D eigenvalue weighted by atomic mass is 19.1. The Hall–Kier alpha value is -4.53. The molecule has 1 saturated heterocycles. The smallest absolute Gasteiger partial charge is 0.256 e. The average molecular weight is 551 g/mol. The maximum atomic E-state index is 14.2. The van der Waals surface area contributed by atoms with Gasteiger partial charge in [0.15, 0.2) is 5.65 Å². The Morgan fingerprint density at radius 2 is 1.78 bits per heavy atom. The first-order chi connectivity index (χ1) is 19.9. The lowest BCUT2D eigenvalue weighted by Crippen LogP contribution is -2.37. The van der Waals surface area contributed by atoms with Crippen molar-refractivity contribution >= 4 is 34.3 Å². The van der Waals surface area contributed by atoms with Crippen LogP contribution < -0.4 is 5.32 Å². The molecule has 0 spiro atoms. The summed E-state index contributed by atoms with van der Waals surface area (Å²) < 4.78 is 17.3. The number of aryl methyl sites for hydroxylation is 1. The van der Waals surface area contributed by atoms with E-state index in [1.807, 2.05) is 53.2 Å². The zero-order valence-electron chi connectivity index (χ0n) is 23.0. The fraction of sp³-hybridized carbons (Fsp3) is 0.312. The number of likely N-dealkylation sites (tertiary alicyclic amines) is 1. The summed E-state index contributed by atoms with van der Waals surface area (Å²) in [5, 5.41) is 8.07. The number of carbonyl (C=O) groups is 2. The summed E-state index contributed by atoms with van der Waals surface area (Å²) in [6, 6.07) is 16.6. The fourth-order valence-corrected chi connectivity index (χ4v) is 6.16. The number of fused-ring (bicyclic) bond motifs is 2. The lowest BCUT2D eigenvalue weighted by Gasteiger charge is -2.30. The number of anilines is 1. The van der Waals surface area contributed by atoms with E-state index in [1.54, 1.807) is 16.6 Å². The van der Waals surface area contributed by atoms with Gasteiger partial charge >= 0.3 is 0 Å². The van der Waals surface area contributed by atoms with E-state index in [4.69, 9.17) is 0 Å². The maximum absolute atomic E-state index is 14.2. The molecule has 1 N–H and O–H groups in total. The lowest BCUT2D eigenvalue weighted by atomic mass is 10.0. The number of nitrogens with zero attached hydrogens (tertiary/aromatic N) is 5. The molecule has 0 bridgehead atoms. The van der Waals surface area contributed by atoms with Crippen molar-refractivity contribution in [1.29, 1.82) is 0 Å². The van der Waals surface area contributed by atoms with Crippen molar-refractivity contribution in [2.24, 2.45) is 13.0 Å². The number of benzene rings is 2. The van der Waals surface area contributed by atoms with Gasteiger partial charge in [0.05, 0.1) is 11.6 Å². The molecule has 2 fully saturated rings. The number of amides is 2. The molecule has 1 saturated carbocycles. The Labute approximate surface area is 236 Å². The minimum atomic E-state index is -0.276. The van der Waals surface area contributed by atoms with Crippen LogP contribution in [0.5, 0.6) is 0 Å². The Morgan fingerprint density at radius 1 is 1.00 bits per heavy atom. The summed E-state index contributed by atoms with van der Waals surface area (Å²) in [5.41, 5.74) is 5.11. The highest BCUT2D eigenvalue weighted by Crippen LogP contribution is 2.40. The van der Waals surface area contributed by atoms with E-state index < -0.39 is 0 Å². The Bertz CT molecular complexity index is 1800. The molecule has 41 heavy (non-hydrogen) atoms. The van der Waals surface area contributed by atoms with Gasteiger partial charge < -0.3 is 9.47 Å². The van der Waals surface area contributed by atoms with Gasteiger partial charge in [0, 0.05) is 42.3 Å². The van der Waals surface area contributed by atoms with Gasteiger partial charge in [-0.15, -0.1) is 5.10 Å². The summed E-state index contributed by atoms with van der Waals surface area (Å²) in [6.45, 7) is 2.11. The standard InChI is InChI=1S/C32H31FN6O2/c1-3-24-11-13-27(19-6-9-23(33)10-7-19)39(24)31(41)26-18-37(2)28-12-8-21(16-25(26)28)22-14-15-38-29(17-22)34-32(36-38)35-30(40)20-4-5-20/h6-10,12,14-18,20,24,27H,3-5,11,13H2,1-2H3,(H,35,36,40)/t24?,27-/m0/s1. The van der Waals surface area contributed by atoms with Crippen LogP contribution in [0, 0.1) is 11.7 Å². The van der Waals surface area contributed by atoms with E-state index >= 15 is 0 Å². The van der Waals surface area contributed by atoms with Crippen LogP contribution in [0.1, 0.15) is 61.0 Å². The van der Waals surface area contributed by atoms with Gasteiger partial charge in [0.25, 0.3) is 5.91 Å². The number of hydrogen-bond acceptors (Lipinski definition) is 4. The van der Waals surface area contributed by atoms with Crippen molar-refractivity contribution in [2.45, 2.75) is 51.1 Å². The first-order valence-electron chi connectivity index (χ1n) is 14.2. The molecule has 0 radical (unpaired) electrons. The molecule has 1 aliphatic heterocycles. The van der Waals surface area contributed by atoms with Crippen LogP contribution in [-0.4, -0.2) is 41.9 Å². The molecule has 3 aromatic heterocycles. The molecule has 7 rings (SSSR count). The van der Waals surface area contributed by atoms with E-state index in [2.05, 4.69) is 28.4 Å². The number of pyridine rings is 1. The minimum absolute atomic E-state index is 0.00428. The van der Waals surface area contributed by atoms with Gasteiger partial charge in [-0.05, 0) is 85.2 Å². The highest BCUT2D eigenvalue weighted by Gasteiger charge is 2.38. The molecule has 2 atom stereocenters. The minimum Gasteiger partial charge on any atom is -0.350 e. The monoisotopic (exact) mass is 550 g/mol. The van der Waals surface area contributed by atoms with Crippen LogP contribution in [0.3, 0.4) is 0 Å². The Kier molecular flexibility index (Phi) is 6.10. The Morgan fingerprint density at radius 3 is 2.54 bits per heavy atom. The highest BCUT2D eigenvalue weighted by molar-refractivity contribution is 6.08. The van der Waals surface area contributed by atoms with Crippen molar-refractivity contribution in [3.8, 4) is 11.1 Å². The number of hydrogen-bond donors (Lipinski definition) is 1. The van der Waals surface area contributed by atoms with Gasteiger partial charge in [-0.1, -0.05) is 25.1 Å². The Balaban J connectivity index is 1.23. The maximum Gasteiger partial charge on any atom is 0.256 e. The van der Waals surface area contributed by atoms with Crippen molar-refractivity contribution in [1.82, 2.24) is 24.1 Å². The molecule has 2 amide bonds. The van der Waals surface area contributed by atoms with Crippen LogP contribution in [0.2, 0.25) is 0 Å². The van der Waals surface area contributed by atoms with E-state index in [9.17, 15) is 14.0 Å². The molecule has 9 heteroatoms. The second-order valence-electron chi connectivity index (χ2n) is 11.2. The average Bonchev–Trinajstić information content (AvgIpc) is 3.50. The SMILES string of the molecule is CCC1CC[C@@H](c2ccc(F)cc2)N1C(=O)c1cn(C)c2ccc(-c3ccn4nc(NC(=O)C5CC5)nc4c3)cc12. The van der Waals surface area contributed by atoms with Gasteiger partial charge in [0.2, 0.25) is 11.9 Å². The first kappa shape index (κ1) is 25.4. The van der Waals surface area contributed by atoms with Gasteiger partial charge in [0.1, 0.15) is 5.82 Å². The number of aromatic nitrogens is 4. The lowest BCUT2D eigenvalue weighted by molar-refractivity contribution is -0.117. The van der Waals surface area contributed by atoms with Gasteiger partial charge in [-0.25, -0.2) is 8.91 Å². The van der Waals surface area contributed by atoms with E-state index in [0.717, 1.165) is 59.7 Å². The molecule has 5 aromatic rings. The topological polar surface area (TPSA) is 84.5 Å². The predicted octanol–water partition coefficient (Wildman–Crippen LogP) is 6.13. The molecule has 1 unspecified atom stereocenters. The number of nitrogens with one attached hydrogen (secondary N) is 1. The number of carbonyl (C=O) groups excluding carboxylic acids is 2. The van der Waals surface area contributed by atoms with Crippen molar-refractivity contribution in [3.63, 3.8) is 0 Å². The van der Waals surface area contributed by atoms with Crippen LogP contribution in [0.25, 0.3) is 27.7 Å². The first-order valence-corrected chi connectivity index (χ1v) is 14.2. The normalized spacial score (nSPS) is 18.9. The summed E-state index contributed by atoms with van der Waals surface area (Å²) in [4.78, 5) is 32.9. The molecule has 1 aliphatic carbocycles. The third kappa shape index (κ3) is 4.55. The van der Waals surface area contributed by atoms with Crippen molar-refractivity contribution in [3.05, 3.63) is 83.9 Å². The van der Waals surface area contributed by atoms with Crippen LogP contribution in [-0.2, 0) is 11.8 Å². The third-order valence-electron chi connectivity index (χ3n) is 8.54. The number of halogens is 1. The molecule has 2 aromatic carbocycles. The van der Waals surface area contributed by atoms with Crippen molar-refractivity contribution in [2.75, 3.05) is 5.32 Å². The molecule has 2 aliphatic rings. The summed E-state index contributed by atoms with van der Waals surface area (Å²) in [6.07, 6.45) is 8.21. The summed E-state index contributed by atoms with van der Waals surface area (Å²) >= 11 is 0. The van der Waals surface area contributed by atoms with Gasteiger partial charge in [-0.3, -0.25) is 14.9 Å². The molecule has 8 nitrogen and oxygen atoms in total. The van der Waals surface area contributed by atoms with E-state index in [1.165, 1.54) is 12.1 Å². The second kappa shape index (κ2) is 9.83. The summed E-state index contributed by atoms with van der Waals surface area (Å²) in [7, 11) is 1.96. The van der Waals surface area contributed by atoms with Crippen LogP contribution in [0.4, 0.5) is 10.3 Å². The largest absolute Gasteiger partial charge is 0.350 e. The van der Waals surface area contributed by atoms with Crippen molar-refractivity contribution < 1.29 is 14.0 Å². The van der Waals surface area contributed by atoms with E-state index in [-0.39, 0.29) is 35.6 Å². The summed E-state index contributed by atoms with van der Waals surface area (Å²) in [5.74, 6) is 0.0677. The van der Waals surface area contributed by atoms with Crippen LogP contribution >= 0.6 is 0 Å². The van der Waals surface area contributed by atoms with E-state index in [0.29, 0.717) is 17.2 Å². The molecule has 4 heterocycles. The fourth-order valence-electron chi connectivity index (χ4n) is 6.16.